The predicted molar refractivity (Wildman–Crippen MR) is 125 cm³/mol. The zero-order chi connectivity index (χ0) is 22.6. The van der Waals surface area contributed by atoms with Gasteiger partial charge in [-0.15, -0.1) is 0 Å². The maximum atomic E-state index is 13.0. The second-order valence-corrected chi connectivity index (χ2v) is 10.5. The third-order valence-corrected chi connectivity index (χ3v) is 7.94. The molecule has 0 atom stereocenters. The molecular formula is C24H33N3O3S. The maximum absolute atomic E-state index is 13.0. The summed E-state index contributed by atoms with van der Waals surface area (Å²) >= 11 is 0. The molecule has 31 heavy (non-hydrogen) atoms. The Morgan fingerprint density at radius 2 is 1.65 bits per heavy atom. The van der Waals surface area contributed by atoms with Crippen LogP contribution in [0.1, 0.15) is 49.0 Å². The number of hydrogen-bond donors (Lipinski definition) is 0. The summed E-state index contributed by atoms with van der Waals surface area (Å²) in [5, 5.41) is 0. The molecule has 0 spiro atoms. The summed E-state index contributed by atoms with van der Waals surface area (Å²) in [6, 6.07) is 14.5. The summed E-state index contributed by atoms with van der Waals surface area (Å²) in [5.74, 6) is -0.204. The van der Waals surface area contributed by atoms with Crippen LogP contribution in [0, 0.1) is 0 Å². The molecule has 3 rings (SSSR count). The number of piperidine rings is 1. The molecule has 0 aromatic heterocycles. The van der Waals surface area contributed by atoms with Gasteiger partial charge in [0.15, 0.2) is 0 Å². The van der Waals surface area contributed by atoms with Gasteiger partial charge in [-0.3, -0.25) is 4.79 Å². The highest BCUT2D eigenvalue weighted by Gasteiger charge is 2.24. The van der Waals surface area contributed by atoms with Crippen LogP contribution in [0.3, 0.4) is 0 Å². The summed E-state index contributed by atoms with van der Waals surface area (Å²) in [6.45, 7) is 6.29. The lowest BCUT2D eigenvalue weighted by molar-refractivity contribution is 0.0785. The van der Waals surface area contributed by atoms with Crippen molar-refractivity contribution in [1.82, 2.24) is 9.21 Å². The van der Waals surface area contributed by atoms with Gasteiger partial charge in [0.25, 0.3) is 5.91 Å². The van der Waals surface area contributed by atoms with Crippen LogP contribution in [0.5, 0.6) is 0 Å². The summed E-state index contributed by atoms with van der Waals surface area (Å²) < 4.78 is 26.8. The molecule has 0 aliphatic carbocycles. The monoisotopic (exact) mass is 443 g/mol. The number of amides is 1. The first-order valence-corrected chi connectivity index (χ1v) is 12.3. The van der Waals surface area contributed by atoms with E-state index in [9.17, 15) is 13.2 Å². The highest BCUT2D eigenvalue weighted by atomic mass is 32.2. The average Bonchev–Trinajstić information content (AvgIpc) is 2.79. The molecule has 1 saturated heterocycles. The minimum atomic E-state index is -3.64. The van der Waals surface area contributed by atoms with E-state index >= 15 is 0 Å². The van der Waals surface area contributed by atoms with Crippen molar-refractivity contribution in [3.63, 3.8) is 0 Å². The Morgan fingerprint density at radius 1 is 1.00 bits per heavy atom. The highest BCUT2D eigenvalue weighted by Crippen LogP contribution is 2.22. The van der Waals surface area contributed by atoms with Gasteiger partial charge in [-0.2, -0.15) is 4.31 Å². The number of hydrogen-bond acceptors (Lipinski definition) is 4. The minimum absolute atomic E-state index is 0.133. The summed E-state index contributed by atoms with van der Waals surface area (Å²) in [7, 11) is -0.348. The number of anilines is 1. The number of carbonyl (C=O) groups is 1. The first kappa shape index (κ1) is 23.3. The van der Waals surface area contributed by atoms with Gasteiger partial charge in [-0.05, 0) is 69.0 Å². The maximum Gasteiger partial charge on any atom is 0.253 e. The van der Waals surface area contributed by atoms with Crippen molar-refractivity contribution in [3.8, 4) is 0 Å². The van der Waals surface area contributed by atoms with Crippen LogP contribution < -0.4 is 4.90 Å². The zero-order valence-electron chi connectivity index (χ0n) is 18.9. The van der Waals surface area contributed by atoms with Crippen molar-refractivity contribution in [1.29, 1.82) is 0 Å². The smallest absolute Gasteiger partial charge is 0.253 e. The van der Waals surface area contributed by atoms with Gasteiger partial charge < -0.3 is 9.80 Å². The first-order valence-electron chi connectivity index (χ1n) is 10.9. The lowest BCUT2D eigenvalue weighted by Gasteiger charge is -2.29. The fraction of sp³-hybridized carbons (Fsp3) is 0.458. The molecule has 1 aliphatic rings. The molecule has 2 aromatic rings. The topological polar surface area (TPSA) is 60.9 Å². The average molecular weight is 444 g/mol. The summed E-state index contributed by atoms with van der Waals surface area (Å²) in [5.41, 5.74) is 2.63. The molecular weight excluding hydrogens is 410 g/mol. The quantitative estimate of drug-likeness (QED) is 0.649. The molecule has 0 N–H and O–H groups in total. The van der Waals surface area contributed by atoms with E-state index in [2.05, 4.69) is 29.2 Å². The Balaban J connectivity index is 1.70. The van der Waals surface area contributed by atoms with Crippen molar-refractivity contribution in [2.45, 2.75) is 50.6 Å². The predicted octanol–water partition coefficient (Wildman–Crippen LogP) is 3.98. The molecule has 0 unspecified atom stereocenters. The van der Waals surface area contributed by atoms with Crippen molar-refractivity contribution >= 4 is 21.6 Å². The molecule has 1 aliphatic heterocycles. The van der Waals surface area contributed by atoms with Gasteiger partial charge in [0.2, 0.25) is 10.0 Å². The second kappa shape index (κ2) is 9.83. The van der Waals surface area contributed by atoms with Crippen molar-refractivity contribution in [2.75, 3.05) is 32.1 Å². The van der Waals surface area contributed by atoms with E-state index in [4.69, 9.17) is 0 Å². The SMILES string of the molecule is CC(C)N(C)S(=O)(=O)c1cccc(C(=O)N(C)Cc2ccc(N3CCCCC3)cc2)c1. The highest BCUT2D eigenvalue weighted by molar-refractivity contribution is 7.89. The van der Waals surface area contributed by atoms with E-state index in [1.54, 1.807) is 31.1 Å². The third-order valence-electron chi connectivity index (χ3n) is 5.91. The number of sulfonamides is 1. The first-order chi connectivity index (χ1) is 14.7. The number of carbonyl (C=O) groups excluding carboxylic acids is 1. The van der Waals surface area contributed by atoms with Crippen molar-refractivity contribution in [3.05, 3.63) is 59.7 Å². The lowest BCUT2D eigenvalue weighted by atomic mass is 10.1. The molecule has 168 valence electrons. The van der Waals surface area contributed by atoms with Crippen LogP contribution >= 0.6 is 0 Å². The van der Waals surface area contributed by atoms with E-state index in [0.29, 0.717) is 12.1 Å². The van der Waals surface area contributed by atoms with Gasteiger partial charge in [-0.25, -0.2) is 8.42 Å². The van der Waals surface area contributed by atoms with Gasteiger partial charge in [-0.1, -0.05) is 18.2 Å². The molecule has 0 radical (unpaired) electrons. The standard InChI is InChI=1S/C24H33N3O3S/c1-19(2)26(4)31(29,30)23-10-8-9-21(17-23)24(28)25(3)18-20-11-13-22(14-12-20)27-15-6-5-7-16-27/h8-14,17,19H,5-7,15-16,18H2,1-4H3. The van der Waals surface area contributed by atoms with E-state index in [0.717, 1.165) is 18.7 Å². The van der Waals surface area contributed by atoms with Gasteiger partial charge in [0.1, 0.15) is 0 Å². The fourth-order valence-corrected chi connectivity index (χ4v) is 5.18. The van der Waals surface area contributed by atoms with Crippen LogP contribution in [0.25, 0.3) is 0 Å². The van der Waals surface area contributed by atoms with Crippen LogP contribution in [-0.4, -0.2) is 56.8 Å². The molecule has 0 saturated carbocycles. The van der Waals surface area contributed by atoms with Gasteiger partial charge in [0.05, 0.1) is 4.90 Å². The normalized spacial score (nSPS) is 14.8. The van der Waals surface area contributed by atoms with Crippen LogP contribution in [0.4, 0.5) is 5.69 Å². The molecule has 7 heteroatoms. The minimum Gasteiger partial charge on any atom is -0.372 e. The number of benzene rings is 2. The molecule has 1 heterocycles. The van der Waals surface area contributed by atoms with Crippen molar-refractivity contribution in [2.24, 2.45) is 0 Å². The largest absolute Gasteiger partial charge is 0.372 e. The van der Waals surface area contributed by atoms with Crippen LogP contribution in [0.15, 0.2) is 53.4 Å². The molecule has 1 fully saturated rings. The van der Waals surface area contributed by atoms with Crippen LogP contribution in [-0.2, 0) is 16.6 Å². The Labute approximate surface area is 186 Å². The Bertz CT molecular complexity index is 997. The van der Waals surface area contributed by atoms with E-state index in [-0.39, 0.29) is 16.8 Å². The summed E-state index contributed by atoms with van der Waals surface area (Å²) in [6.07, 6.45) is 3.78. The lowest BCUT2D eigenvalue weighted by Crippen LogP contribution is -2.33. The summed E-state index contributed by atoms with van der Waals surface area (Å²) in [4.78, 5) is 17.1. The van der Waals surface area contributed by atoms with Gasteiger partial charge in [0, 0.05) is 51.0 Å². The van der Waals surface area contributed by atoms with E-state index < -0.39 is 10.0 Å². The Kier molecular flexibility index (Phi) is 7.38. The van der Waals surface area contributed by atoms with E-state index in [1.807, 2.05) is 13.8 Å². The number of rotatable bonds is 7. The fourth-order valence-electron chi connectivity index (χ4n) is 3.76. The van der Waals surface area contributed by atoms with Crippen molar-refractivity contribution < 1.29 is 13.2 Å². The Morgan fingerprint density at radius 3 is 2.26 bits per heavy atom. The zero-order valence-corrected chi connectivity index (χ0v) is 19.7. The van der Waals surface area contributed by atoms with Gasteiger partial charge >= 0.3 is 0 Å². The third kappa shape index (κ3) is 5.46. The molecule has 2 aromatic carbocycles. The van der Waals surface area contributed by atoms with Crippen LogP contribution in [0.2, 0.25) is 0 Å². The molecule has 1 amide bonds. The molecule has 0 bridgehead atoms. The Hall–Kier alpha value is -2.38. The second-order valence-electron chi connectivity index (χ2n) is 8.52. The number of nitrogens with zero attached hydrogens (tertiary/aromatic N) is 3. The van der Waals surface area contributed by atoms with E-state index in [1.165, 1.54) is 41.4 Å². The molecule has 6 nitrogen and oxygen atoms in total.